The molecule has 0 radical (unpaired) electrons. The molecular weight excluding hydrogens is 357 g/mol. The van der Waals surface area contributed by atoms with Gasteiger partial charge in [-0.2, -0.15) is 0 Å². The number of carbonyl (C=O) groups is 1. The zero-order valence-corrected chi connectivity index (χ0v) is 14.7. The van der Waals surface area contributed by atoms with E-state index in [0.717, 1.165) is 24.2 Å². The number of nitrogens with one attached hydrogen (secondary N) is 1. The molecule has 4 rings (SSSR count). The molecule has 1 saturated carbocycles. The van der Waals surface area contributed by atoms with E-state index in [-0.39, 0.29) is 16.1 Å². The highest BCUT2D eigenvalue weighted by molar-refractivity contribution is 7.21. The molecule has 0 saturated heterocycles. The van der Waals surface area contributed by atoms with Gasteiger partial charge in [-0.25, -0.2) is 14.4 Å². The summed E-state index contributed by atoms with van der Waals surface area (Å²) in [5.41, 5.74) is 12.2. The number of hydrogen-bond acceptors (Lipinski definition) is 7. The predicted molar refractivity (Wildman–Crippen MR) is 98.9 cm³/mol. The number of nitrogen functional groups attached to an aromatic ring is 1. The smallest absolute Gasteiger partial charge is 0.260 e. The van der Waals surface area contributed by atoms with Gasteiger partial charge in [-0.1, -0.05) is 0 Å². The number of methoxy groups -OCH3 is 1. The van der Waals surface area contributed by atoms with Gasteiger partial charge < -0.3 is 21.5 Å². The Hall–Kier alpha value is -2.94. The summed E-state index contributed by atoms with van der Waals surface area (Å²) in [6.07, 6.45) is 2.06. The van der Waals surface area contributed by atoms with Crippen LogP contribution in [0.3, 0.4) is 0 Å². The van der Waals surface area contributed by atoms with Gasteiger partial charge in [0.05, 0.1) is 23.9 Å². The largest absolute Gasteiger partial charge is 0.497 e. The molecule has 26 heavy (non-hydrogen) atoms. The third kappa shape index (κ3) is 2.80. The van der Waals surface area contributed by atoms with Crippen LogP contribution in [0.2, 0.25) is 0 Å². The second-order valence-electron chi connectivity index (χ2n) is 6.05. The van der Waals surface area contributed by atoms with Crippen molar-refractivity contribution in [2.45, 2.75) is 18.9 Å². The maximum Gasteiger partial charge on any atom is 0.260 e. The van der Waals surface area contributed by atoms with Gasteiger partial charge in [0.1, 0.15) is 21.3 Å². The van der Waals surface area contributed by atoms with Gasteiger partial charge in [0.25, 0.3) is 5.91 Å². The quantitative estimate of drug-likeness (QED) is 0.633. The van der Waals surface area contributed by atoms with Gasteiger partial charge >= 0.3 is 0 Å². The molecule has 1 amide bonds. The Bertz CT molecular complexity index is 1030. The Balaban J connectivity index is 2.00. The van der Waals surface area contributed by atoms with Crippen molar-refractivity contribution in [3.05, 3.63) is 28.9 Å². The minimum atomic E-state index is -0.653. The van der Waals surface area contributed by atoms with Gasteiger partial charge in [-0.3, -0.25) is 4.79 Å². The molecule has 0 aliphatic heterocycles. The molecule has 5 N–H and O–H groups in total. The van der Waals surface area contributed by atoms with Crippen LogP contribution in [0, 0.1) is 5.82 Å². The molecule has 3 aromatic rings. The third-order valence-corrected chi connectivity index (χ3v) is 5.27. The highest BCUT2D eigenvalue weighted by Crippen LogP contribution is 2.40. The number of halogens is 1. The van der Waals surface area contributed by atoms with Crippen LogP contribution >= 0.6 is 11.3 Å². The van der Waals surface area contributed by atoms with Crippen LogP contribution in [0.4, 0.5) is 16.0 Å². The summed E-state index contributed by atoms with van der Waals surface area (Å²) in [6, 6.07) is 4.67. The third-order valence-electron chi connectivity index (χ3n) is 4.15. The van der Waals surface area contributed by atoms with E-state index in [1.807, 2.05) is 0 Å². The van der Waals surface area contributed by atoms with Gasteiger partial charge in [-0.15, -0.1) is 11.3 Å². The molecule has 0 unspecified atom stereocenters. The maximum absolute atomic E-state index is 14.6. The summed E-state index contributed by atoms with van der Waals surface area (Å²) in [7, 11) is 1.50. The Morgan fingerprint density at radius 3 is 2.81 bits per heavy atom. The van der Waals surface area contributed by atoms with E-state index >= 15 is 0 Å². The standard InChI is InChI=1S/C17H16FN5O2S/c1-25-8-4-5-10(18)9(6-8)13-11-12(19)14(15(20)24)26-16(11)23-17(22-13)21-7-2-3-7/h4-7H,2-3,19H2,1H3,(H2,20,24)(H,21,22,23). The van der Waals surface area contributed by atoms with E-state index in [9.17, 15) is 9.18 Å². The summed E-state index contributed by atoms with van der Waals surface area (Å²) < 4.78 is 19.8. The highest BCUT2D eigenvalue weighted by atomic mass is 32.1. The fourth-order valence-corrected chi connectivity index (χ4v) is 3.63. The molecule has 7 nitrogen and oxygen atoms in total. The summed E-state index contributed by atoms with van der Waals surface area (Å²) in [6.45, 7) is 0. The molecule has 134 valence electrons. The fraction of sp³-hybridized carbons (Fsp3) is 0.235. The Labute approximate surface area is 152 Å². The van der Waals surface area contributed by atoms with Crippen molar-refractivity contribution in [2.24, 2.45) is 5.73 Å². The molecule has 2 heterocycles. The Kier molecular flexibility index (Phi) is 3.87. The van der Waals surface area contributed by atoms with Crippen molar-refractivity contribution in [1.82, 2.24) is 9.97 Å². The van der Waals surface area contributed by atoms with Crippen LogP contribution in [0.15, 0.2) is 18.2 Å². The van der Waals surface area contributed by atoms with E-state index in [1.165, 1.54) is 19.2 Å². The van der Waals surface area contributed by atoms with E-state index in [4.69, 9.17) is 16.2 Å². The van der Waals surface area contributed by atoms with Crippen LogP contribution < -0.4 is 21.5 Å². The van der Waals surface area contributed by atoms with Gasteiger partial charge in [-0.05, 0) is 31.0 Å². The van der Waals surface area contributed by atoms with Crippen molar-refractivity contribution >= 4 is 39.1 Å². The van der Waals surface area contributed by atoms with Crippen molar-refractivity contribution in [3.8, 4) is 17.0 Å². The molecule has 0 atom stereocenters. The highest BCUT2D eigenvalue weighted by Gasteiger charge is 2.26. The van der Waals surface area contributed by atoms with E-state index in [0.29, 0.717) is 33.7 Å². The normalized spacial score (nSPS) is 13.8. The first-order valence-electron chi connectivity index (χ1n) is 7.98. The topological polar surface area (TPSA) is 116 Å². The first-order valence-corrected chi connectivity index (χ1v) is 8.80. The number of nitrogens with zero attached hydrogens (tertiary/aromatic N) is 2. The van der Waals surface area contributed by atoms with E-state index in [2.05, 4.69) is 15.3 Å². The van der Waals surface area contributed by atoms with Gasteiger partial charge in [0.15, 0.2) is 0 Å². The lowest BCUT2D eigenvalue weighted by Gasteiger charge is -2.10. The molecule has 2 aromatic heterocycles. The minimum absolute atomic E-state index is 0.160. The van der Waals surface area contributed by atoms with Crippen molar-refractivity contribution < 1.29 is 13.9 Å². The summed E-state index contributed by atoms with van der Waals surface area (Å²) in [4.78, 5) is 21.2. The molecule has 1 aliphatic carbocycles. The second kappa shape index (κ2) is 6.10. The number of anilines is 2. The summed E-state index contributed by atoms with van der Waals surface area (Å²) in [5.74, 6) is -0.281. The number of nitrogens with two attached hydrogens (primary N) is 2. The SMILES string of the molecule is COc1ccc(F)c(-c2nc(NC3CC3)nc3sc(C(N)=O)c(N)c23)c1. The lowest BCUT2D eigenvalue weighted by molar-refractivity contribution is 0.100. The van der Waals surface area contributed by atoms with Crippen LogP contribution in [-0.4, -0.2) is 29.0 Å². The molecule has 1 fully saturated rings. The lowest BCUT2D eigenvalue weighted by atomic mass is 10.1. The monoisotopic (exact) mass is 373 g/mol. The van der Waals surface area contributed by atoms with Crippen LogP contribution in [0.1, 0.15) is 22.5 Å². The second-order valence-corrected chi connectivity index (χ2v) is 7.05. The van der Waals surface area contributed by atoms with E-state index in [1.54, 1.807) is 6.07 Å². The molecule has 1 aromatic carbocycles. The zero-order chi connectivity index (χ0) is 18.4. The predicted octanol–water partition coefficient (Wildman–Crippen LogP) is 2.76. The number of carbonyl (C=O) groups excluding carboxylic acids is 1. The Morgan fingerprint density at radius 1 is 1.38 bits per heavy atom. The number of amides is 1. The van der Waals surface area contributed by atoms with Crippen molar-refractivity contribution in [1.29, 1.82) is 0 Å². The lowest BCUT2D eigenvalue weighted by Crippen LogP contribution is -2.10. The van der Waals surface area contributed by atoms with Crippen molar-refractivity contribution in [3.63, 3.8) is 0 Å². The fourth-order valence-electron chi connectivity index (χ4n) is 2.69. The van der Waals surface area contributed by atoms with Crippen LogP contribution in [0.5, 0.6) is 5.75 Å². The number of benzene rings is 1. The number of hydrogen-bond donors (Lipinski definition) is 3. The van der Waals surface area contributed by atoms with Gasteiger partial charge in [0, 0.05) is 11.6 Å². The Morgan fingerprint density at radius 2 is 2.15 bits per heavy atom. The average Bonchev–Trinajstić information content (AvgIpc) is 3.36. The molecule has 0 spiro atoms. The number of fused-ring (bicyclic) bond motifs is 1. The number of rotatable bonds is 5. The van der Waals surface area contributed by atoms with Crippen LogP contribution in [-0.2, 0) is 0 Å². The maximum atomic E-state index is 14.6. The minimum Gasteiger partial charge on any atom is -0.497 e. The summed E-state index contributed by atoms with van der Waals surface area (Å²) in [5, 5.41) is 3.61. The zero-order valence-electron chi connectivity index (χ0n) is 13.9. The first-order chi connectivity index (χ1) is 12.5. The average molecular weight is 373 g/mol. The van der Waals surface area contributed by atoms with Crippen molar-refractivity contribution in [2.75, 3.05) is 18.2 Å². The molecular formula is C17H16FN5O2S. The number of ether oxygens (including phenoxy) is 1. The number of primary amides is 1. The first kappa shape index (κ1) is 16.5. The van der Waals surface area contributed by atoms with Gasteiger partial charge in [0.2, 0.25) is 5.95 Å². The number of thiophene rings is 1. The molecule has 0 bridgehead atoms. The van der Waals surface area contributed by atoms with E-state index < -0.39 is 11.7 Å². The summed E-state index contributed by atoms with van der Waals surface area (Å²) >= 11 is 1.07. The number of aromatic nitrogens is 2. The van der Waals surface area contributed by atoms with Crippen LogP contribution in [0.25, 0.3) is 21.5 Å². The molecule has 1 aliphatic rings. The molecule has 9 heteroatoms.